The monoisotopic (exact) mass is 359 g/mol. The molecule has 140 valence electrons. The minimum atomic E-state index is -0.519. The number of nitrogens with zero attached hydrogens (tertiary/aromatic N) is 2. The normalized spacial score (nSPS) is 15.9. The first kappa shape index (κ1) is 18.0. The van der Waals surface area contributed by atoms with Crippen LogP contribution in [-0.2, 0) is 4.74 Å². The van der Waals surface area contributed by atoms with Crippen molar-refractivity contribution < 1.29 is 14.3 Å². The number of H-pyrrole nitrogens is 1. The highest BCUT2D eigenvalue weighted by atomic mass is 16.6. The Morgan fingerprint density at radius 2 is 2.04 bits per heavy atom. The van der Waals surface area contributed by atoms with E-state index in [4.69, 9.17) is 10.5 Å². The van der Waals surface area contributed by atoms with Gasteiger partial charge in [-0.1, -0.05) is 0 Å². The molecule has 4 N–H and O–H groups in total. The highest BCUT2D eigenvalue weighted by molar-refractivity contribution is 6.05. The largest absolute Gasteiger partial charge is 0.444 e. The summed E-state index contributed by atoms with van der Waals surface area (Å²) in [6.45, 7) is 6.77. The molecule has 0 unspecified atom stereocenters. The highest BCUT2D eigenvalue weighted by Gasteiger charge is 2.27. The minimum Gasteiger partial charge on any atom is -0.444 e. The summed E-state index contributed by atoms with van der Waals surface area (Å²) in [5, 5.41) is 4.26. The molecule has 26 heavy (non-hydrogen) atoms. The van der Waals surface area contributed by atoms with Gasteiger partial charge in [-0.25, -0.2) is 9.78 Å². The number of nitrogens with two attached hydrogens (primary N) is 1. The average molecular weight is 359 g/mol. The standard InChI is InChI=1S/C18H25N5O3/c1-18(2,3)26-17(25)23-8-5-11(6-9-23)22-14-12-4-7-20-16(12)21-10-13(14)15(19)24/h4,7,10-11H,5-6,8-9H2,1-3H3,(H2,19,24)(H2,20,21,22). The van der Waals surface area contributed by atoms with Gasteiger partial charge in [0.2, 0.25) is 0 Å². The Bertz CT molecular complexity index is 816. The van der Waals surface area contributed by atoms with Gasteiger partial charge >= 0.3 is 6.09 Å². The molecular formula is C18H25N5O3. The molecule has 2 amide bonds. The van der Waals surface area contributed by atoms with Crippen LogP contribution in [0.5, 0.6) is 0 Å². The second-order valence-electron chi connectivity index (χ2n) is 7.54. The molecule has 0 bridgehead atoms. The van der Waals surface area contributed by atoms with Crippen molar-refractivity contribution in [2.75, 3.05) is 18.4 Å². The lowest BCUT2D eigenvalue weighted by atomic mass is 10.0. The smallest absolute Gasteiger partial charge is 0.410 e. The fraction of sp³-hybridized carbons (Fsp3) is 0.500. The van der Waals surface area contributed by atoms with Crippen molar-refractivity contribution in [1.82, 2.24) is 14.9 Å². The fourth-order valence-corrected chi connectivity index (χ4v) is 3.09. The van der Waals surface area contributed by atoms with E-state index in [1.54, 1.807) is 11.1 Å². The van der Waals surface area contributed by atoms with E-state index in [0.29, 0.717) is 30.0 Å². The second kappa shape index (κ2) is 6.86. The van der Waals surface area contributed by atoms with Gasteiger partial charge in [-0.2, -0.15) is 0 Å². The van der Waals surface area contributed by atoms with Gasteiger partial charge in [0.25, 0.3) is 5.91 Å². The molecule has 0 aliphatic carbocycles. The van der Waals surface area contributed by atoms with Gasteiger partial charge < -0.3 is 25.7 Å². The van der Waals surface area contributed by atoms with Crippen LogP contribution in [0.4, 0.5) is 10.5 Å². The summed E-state index contributed by atoms with van der Waals surface area (Å²) in [4.78, 5) is 32.9. The summed E-state index contributed by atoms with van der Waals surface area (Å²) < 4.78 is 5.42. The number of aromatic nitrogens is 2. The Kier molecular flexibility index (Phi) is 4.76. The van der Waals surface area contributed by atoms with Crippen LogP contribution >= 0.6 is 0 Å². The molecule has 2 aromatic heterocycles. The van der Waals surface area contributed by atoms with Crippen molar-refractivity contribution in [2.24, 2.45) is 5.73 Å². The van der Waals surface area contributed by atoms with Crippen LogP contribution in [0.1, 0.15) is 44.0 Å². The van der Waals surface area contributed by atoms with Gasteiger partial charge in [-0.05, 0) is 39.7 Å². The molecule has 1 saturated heterocycles. The number of ether oxygens (including phenoxy) is 1. The third-order valence-corrected chi connectivity index (χ3v) is 4.35. The number of anilines is 1. The number of aromatic amines is 1. The molecule has 0 saturated carbocycles. The zero-order valence-corrected chi connectivity index (χ0v) is 15.3. The van der Waals surface area contributed by atoms with Crippen LogP contribution in [0.3, 0.4) is 0 Å². The zero-order chi connectivity index (χ0) is 18.9. The molecular weight excluding hydrogens is 334 g/mol. The summed E-state index contributed by atoms with van der Waals surface area (Å²) in [5.41, 5.74) is 6.76. The number of carbonyl (C=O) groups excluding carboxylic acids is 2. The fourth-order valence-electron chi connectivity index (χ4n) is 3.09. The average Bonchev–Trinajstić information content (AvgIpc) is 3.03. The lowest BCUT2D eigenvalue weighted by Crippen LogP contribution is -2.44. The Morgan fingerprint density at radius 3 is 2.65 bits per heavy atom. The number of carbonyl (C=O) groups is 2. The lowest BCUT2D eigenvalue weighted by molar-refractivity contribution is 0.0210. The number of piperidine rings is 1. The number of amides is 2. The van der Waals surface area contributed by atoms with E-state index in [1.165, 1.54) is 6.20 Å². The van der Waals surface area contributed by atoms with Gasteiger partial charge in [0.15, 0.2) is 0 Å². The van der Waals surface area contributed by atoms with Crippen LogP contribution in [0.2, 0.25) is 0 Å². The number of hydrogen-bond donors (Lipinski definition) is 3. The highest BCUT2D eigenvalue weighted by Crippen LogP contribution is 2.28. The van der Waals surface area contributed by atoms with Crippen molar-refractivity contribution in [3.05, 3.63) is 24.0 Å². The maximum Gasteiger partial charge on any atom is 0.410 e. The first-order valence-electron chi connectivity index (χ1n) is 8.75. The summed E-state index contributed by atoms with van der Waals surface area (Å²) in [7, 11) is 0. The molecule has 0 radical (unpaired) electrons. The topological polar surface area (TPSA) is 113 Å². The Hall–Kier alpha value is -2.77. The van der Waals surface area contributed by atoms with Crippen LogP contribution in [0, 0.1) is 0 Å². The first-order valence-corrected chi connectivity index (χ1v) is 8.75. The molecule has 0 aromatic carbocycles. The minimum absolute atomic E-state index is 0.132. The molecule has 0 atom stereocenters. The van der Waals surface area contributed by atoms with Crippen molar-refractivity contribution in [3.8, 4) is 0 Å². The number of nitrogens with one attached hydrogen (secondary N) is 2. The quantitative estimate of drug-likeness (QED) is 0.779. The van der Waals surface area contributed by atoms with Crippen LogP contribution in [0.25, 0.3) is 11.0 Å². The predicted molar refractivity (Wildman–Crippen MR) is 99.1 cm³/mol. The van der Waals surface area contributed by atoms with Crippen LogP contribution < -0.4 is 11.1 Å². The number of fused-ring (bicyclic) bond motifs is 1. The maximum atomic E-state index is 12.2. The van der Waals surface area contributed by atoms with E-state index < -0.39 is 11.5 Å². The molecule has 1 fully saturated rings. The van der Waals surface area contributed by atoms with Crippen molar-refractivity contribution in [1.29, 1.82) is 0 Å². The van der Waals surface area contributed by atoms with Crippen molar-refractivity contribution in [3.63, 3.8) is 0 Å². The number of rotatable bonds is 3. The van der Waals surface area contributed by atoms with Gasteiger partial charge in [0.1, 0.15) is 11.2 Å². The first-order chi connectivity index (χ1) is 12.2. The predicted octanol–water partition coefficient (Wildman–Crippen LogP) is 2.47. The van der Waals surface area contributed by atoms with Crippen molar-refractivity contribution in [2.45, 2.75) is 45.3 Å². The summed E-state index contributed by atoms with van der Waals surface area (Å²) in [6.07, 6.45) is 4.49. The number of hydrogen-bond acceptors (Lipinski definition) is 5. The van der Waals surface area contributed by atoms with Gasteiger partial charge in [-0.15, -0.1) is 0 Å². The maximum absolute atomic E-state index is 12.2. The molecule has 2 aromatic rings. The van der Waals surface area contributed by atoms with E-state index in [0.717, 1.165) is 18.2 Å². The zero-order valence-electron chi connectivity index (χ0n) is 15.3. The molecule has 0 spiro atoms. The van der Waals surface area contributed by atoms with Crippen LogP contribution in [0.15, 0.2) is 18.5 Å². The molecule has 1 aliphatic rings. The van der Waals surface area contributed by atoms with Gasteiger partial charge in [-0.3, -0.25) is 4.79 Å². The van der Waals surface area contributed by atoms with E-state index in [1.807, 2.05) is 26.8 Å². The van der Waals surface area contributed by atoms with E-state index >= 15 is 0 Å². The van der Waals surface area contributed by atoms with Crippen LogP contribution in [-0.4, -0.2) is 51.6 Å². The molecule has 3 rings (SSSR count). The number of pyridine rings is 1. The lowest BCUT2D eigenvalue weighted by Gasteiger charge is -2.34. The third kappa shape index (κ3) is 3.89. The summed E-state index contributed by atoms with van der Waals surface area (Å²) in [6, 6.07) is 2.00. The van der Waals surface area contributed by atoms with E-state index in [2.05, 4.69) is 15.3 Å². The number of likely N-dealkylation sites (tertiary alicyclic amines) is 1. The Labute approximate surface area is 152 Å². The summed E-state index contributed by atoms with van der Waals surface area (Å²) in [5.74, 6) is -0.519. The van der Waals surface area contributed by atoms with E-state index in [9.17, 15) is 9.59 Å². The second-order valence-corrected chi connectivity index (χ2v) is 7.54. The van der Waals surface area contributed by atoms with E-state index in [-0.39, 0.29) is 12.1 Å². The Balaban J connectivity index is 1.69. The van der Waals surface area contributed by atoms with Gasteiger partial charge in [0, 0.05) is 36.9 Å². The Morgan fingerprint density at radius 1 is 1.35 bits per heavy atom. The third-order valence-electron chi connectivity index (χ3n) is 4.35. The summed E-state index contributed by atoms with van der Waals surface area (Å²) >= 11 is 0. The molecule has 3 heterocycles. The molecule has 8 nitrogen and oxygen atoms in total. The number of primary amides is 1. The van der Waals surface area contributed by atoms with Crippen molar-refractivity contribution >= 4 is 28.7 Å². The molecule has 1 aliphatic heterocycles. The van der Waals surface area contributed by atoms with Gasteiger partial charge in [0.05, 0.1) is 11.3 Å². The molecule has 8 heteroatoms. The SMILES string of the molecule is CC(C)(C)OC(=O)N1CCC(Nc2c(C(N)=O)cnc3[nH]ccc23)CC1.